The molecule has 0 aromatic heterocycles. The van der Waals surface area contributed by atoms with E-state index in [4.69, 9.17) is 4.74 Å². The molecule has 2 atom stereocenters. The van der Waals surface area contributed by atoms with E-state index < -0.39 is 17.6 Å². The Morgan fingerprint density at radius 3 is 2.38 bits per heavy atom. The molecule has 1 amide bonds. The maximum atomic E-state index is 12.3. The first-order chi connectivity index (χ1) is 11.6. The van der Waals surface area contributed by atoms with Crippen LogP contribution in [-0.2, 0) is 4.79 Å². The van der Waals surface area contributed by atoms with E-state index in [1.54, 1.807) is 0 Å². The van der Waals surface area contributed by atoms with Gasteiger partial charge in [-0.25, -0.2) is 0 Å². The van der Waals surface area contributed by atoms with Gasteiger partial charge in [-0.15, -0.1) is 0 Å². The average Bonchev–Trinajstić information content (AvgIpc) is 3.22. The molecule has 0 radical (unpaired) electrons. The Labute approximate surface area is 143 Å². The molecule has 1 aromatic rings. The van der Waals surface area contributed by atoms with Crippen LogP contribution in [0.5, 0.6) is 5.75 Å². The quantitative estimate of drug-likeness (QED) is 0.743. The van der Waals surface area contributed by atoms with E-state index in [1.807, 2.05) is 30.3 Å². The number of ether oxygens (including phenoxy) is 1. The molecule has 2 unspecified atom stereocenters. The lowest BCUT2D eigenvalue weighted by molar-refractivity contribution is -0.125. The summed E-state index contributed by atoms with van der Waals surface area (Å²) in [7, 11) is 0. The topological polar surface area (TPSA) is 78.8 Å². The van der Waals surface area contributed by atoms with Crippen molar-refractivity contribution in [3.63, 3.8) is 0 Å². The highest BCUT2D eigenvalue weighted by Crippen LogP contribution is 2.39. The summed E-state index contributed by atoms with van der Waals surface area (Å²) in [5.41, 5.74) is -0.428. The van der Waals surface area contributed by atoms with Crippen LogP contribution in [0.1, 0.15) is 38.5 Å². The van der Waals surface area contributed by atoms with Gasteiger partial charge < -0.3 is 20.3 Å². The number of amides is 1. The minimum absolute atomic E-state index is 0.0995. The van der Waals surface area contributed by atoms with Gasteiger partial charge in [-0.05, 0) is 37.8 Å². The number of aliphatic hydroxyl groups excluding tert-OH is 2. The molecule has 2 fully saturated rings. The Kier molecular flexibility index (Phi) is 5.41. The normalized spacial score (nSPS) is 30.4. The van der Waals surface area contributed by atoms with E-state index >= 15 is 0 Å². The molecule has 2 aliphatic rings. The summed E-state index contributed by atoms with van der Waals surface area (Å²) in [4.78, 5) is 12.3. The highest BCUT2D eigenvalue weighted by molar-refractivity contribution is 5.78. The molecule has 2 saturated carbocycles. The summed E-state index contributed by atoms with van der Waals surface area (Å²) in [5.74, 6) is 0.977. The van der Waals surface area contributed by atoms with Gasteiger partial charge in [0.15, 0.2) is 0 Å². The van der Waals surface area contributed by atoms with Gasteiger partial charge in [-0.1, -0.05) is 31.0 Å². The first-order valence-electron chi connectivity index (χ1n) is 8.90. The molecule has 0 aliphatic heterocycles. The van der Waals surface area contributed by atoms with Crippen LogP contribution in [0.25, 0.3) is 0 Å². The average molecular weight is 333 g/mol. The monoisotopic (exact) mass is 333 g/mol. The van der Waals surface area contributed by atoms with E-state index in [2.05, 4.69) is 5.32 Å². The molecule has 5 heteroatoms. The molecule has 132 valence electrons. The molecule has 0 heterocycles. The van der Waals surface area contributed by atoms with Gasteiger partial charge in [0, 0.05) is 17.9 Å². The number of benzene rings is 1. The smallest absolute Gasteiger partial charge is 0.223 e. The molecule has 0 saturated heterocycles. The van der Waals surface area contributed by atoms with Gasteiger partial charge >= 0.3 is 0 Å². The number of rotatable bonds is 6. The standard InChI is InChI=1S/C19H27NO4/c21-16-10-19(11-17(16)22,13-24-15-8-2-1-3-9-15)12-20-18(23)14-6-4-5-7-14/h1-3,8-9,14,16-17,21-22H,4-7,10-13H2,(H,20,23). The minimum atomic E-state index is -0.757. The molecular formula is C19H27NO4. The number of para-hydroxylation sites is 1. The largest absolute Gasteiger partial charge is 0.493 e. The molecule has 2 aliphatic carbocycles. The fourth-order valence-electron chi connectivity index (χ4n) is 3.92. The summed E-state index contributed by atoms with van der Waals surface area (Å²) in [6, 6.07) is 9.50. The zero-order valence-electron chi connectivity index (χ0n) is 14.0. The van der Waals surface area contributed by atoms with Gasteiger partial charge in [-0.2, -0.15) is 0 Å². The van der Waals surface area contributed by atoms with Crippen LogP contribution in [0.3, 0.4) is 0 Å². The van der Waals surface area contributed by atoms with Gasteiger partial charge in [-0.3, -0.25) is 4.79 Å². The van der Waals surface area contributed by atoms with Crippen LogP contribution in [0, 0.1) is 11.3 Å². The van der Waals surface area contributed by atoms with Gasteiger partial charge in [0.2, 0.25) is 5.91 Å². The van der Waals surface area contributed by atoms with Crippen LogP contribution >= 0.6 is 0 Å². The molecule has 24 heavy (non-hydrogen) atoms. The second-order valence-corrected chi connectivity index (χ2v) is 7.34. The molecular weight excluding hydrogens is 306 g/mol. The third-order valence-corrected chi connectivity index (χ3v) is 5.38. The summed E-state index contributed by atoms with van der Waals surface area (Å²) < 4.78 is 5.87. The van der Waals surface area contributed by atoms with Crippen molar-refractivity contribution >= 4 is 5.91 Å². The van der Waals surface area contributed by atoms with Crippen LogP contribution in [-0.4, -0.2) is 41.5 Å². The van der Waals surface area contributed by atoms with Crippen LogP contribution < -0.4 is 10.1 Å². The Hall–Kier alpha value is -1.59. The Morgan fingerprint density at radius 1 is 1.12 bits per heavy atom. The Balaban J connectivity index is 1.61. The highest BCUT2D eigenvalue weighted by Gasteiger charge is 2.45. The van der Waals surface area contributed by atoms with Crippen molar-refractivity contribution in [1.29, 1.82) is 0 Å². The van der Waals surface area contributed by atoms with E-state index in [9.17, 15) is 15.0 Å². The molecule has 0 bridgehead atoms. The fraction of sp³-hybridized carbons (Fsp3) is 0.632. The van der Waals surface area contributed by atoms with Crippen molar-refractivity contribution in [2.45, 2.75) is 50.7 Å². The molecule has 5 nitrogen and oxygen atoms in total. The predicted molar refractivity (Wildman–Crippen MR) is 90.6 cm³/mol. The summed E-state index contributed by atoms with van der Waals surface area (Å²) in [6.45, 7) is 0.805. The summed E-state index contributed by atoms with van der Waals surface area (Å²) in [6.07, 6.45) is 3.53. The molecule has 0 spiro atoms. The third-order valence-electron chi connectivity index (χ3n) is 5.38. The van der Waals surface area contributed by atoms with Crippen molar-refractivity contribution < 1.29 is 19.7 Å². The maximum absolute atomic E-state index is 12.3. The number of aliphatic hydroxyl groups is 2. The highest BCUT2D eigenvalue weighted by atomic mass is 16.5. The van der Waals surface area contributed by atoms with Crippen molar-refractivity contribution in [2.24, 2.45) is 11.3 Å². The van der Waals surface area contributed by atoms with E-state index in [-0.39, 0.29) is 11.8 Å². The molecule has 3 rings (SSSR count). The second kappa shape index (κ2) is 7.53. The lowest BCUT2D eigenvalue weighted by Crippen LogP contribution is -2.42. The lowest BCUT2D eigenvalue weighted by Gasteiger charge is -2.29. The first kappa shape index (κ1) is 17.2. The number of carbonyl (C=O) groups is 1. The van der Waals surface area contributed by atoms with Crippen molar-refractivity contribution in [2.75, 3.05) is 13.2 Å². The summed E-state index contributed by atoms with van der Waals surface area (Å²) in [5, 5.41) is 23.0. The predicted octanol–water partition coefficient (Wildman–Crippen LogP) is 1.87. The van der Waals surface area contributed by atoms with Crippen molar-refractivity contribution in [3.05, 3.63) is 30.3 Å². The minimum Gasteiger partial charge on any atom is -0.493 e. The number of nitrogens with one attached hydrogen (secondary N) is 1. The zero-order chi connectivity index (χ0) is 17.0. The molecule has 3 N–H and O–H groups in total. The molecule has 1 aromatic carbocycles. The van der Waals surface area contributed by atoms with Crippen molar-refractivity contribution in [1.82, 2.24) is 5.32 Å². The SMILES string of the molecule is O=C(NCC1(COc2ccccc2)CC(O)C(O)C1)C1CCCC1. The van der Waals surface area contributed by atoms with Gasteiger partial charge in [0.25, 0.3) is 0 Å². The first-order valence-corrected chi connectivity index (χ1v) is 8.90. The van der Waals surface area contributed by atoms with Crippen LogP contribution in [0.4, 0.5) is 0 Å². The van der Waals surface area contributed by atoms with Crippen LogP contribution in [0.15, 0.2) is 30.3 Å². The zero-order valence-corrected chi connectivity index (χ0v) is 14.0. The van der Waals surface area contributed by atoms with E-state index in [0.29, 0.717) is 26.0 Å². The van der Waals surface area contributed by atoms with E-state index in [0.717, 1.165) is 31.4 Å². The Bertz CT molecular complexity index is 532. The van der Waals surface area contributed by atoms with Crippen LogP contribution in [0.2, 0.25) is 0 Å². The second-order valence-electron chi connectivity index (χ2n) is 7.34. The van der Waals surface area contributed by atoms with Gasteiger partial charge in [0.05, 0.1) is 18.8 Å². The fourth-order valence-corrected chi connectivity index (χ4v) is 3.92. The van der Waals surface area contributed by atoms with Gasteiger partial charge in [0.1, 0.15) is 5.75 Å². The number of hydrogen-bond acceptors (Lipinski definition) is 4. The third kappa shape index (κ3) is 4.08. The number of carbonyl (C=O) groups excluding carboxylic acids is 1. The Morgan fingerprint density at radius 2 is 1.75 bits per heavy atom. The lowest BCUT2D eigenvalue weighted by atomic mass is 9.86. The van der Waals surface area contributed by atoms with Crippen molar-refractivity contribution in [3.8, 4) is 5.75 Å². The number of hydrogen-bond donors (Lipinski definition) is 3. The maximum Gasteiger partial charge on any atom is 0.223 e. The summed E-state index contributed by atoms with van der Waals surface area (Å²) >= 11 is 0. The van der Waals surface area contributed by atoms with E-state index in [1.165, 1.54) is 0 Å².